The van der Waals surface area contributed by atoms with Gasteiger partial charge in [-0.2, -0.15) is 10.2 Å². The molecule has 0 aliphatic rings. The van der Waals surface area contributed by atoms with Crippen LogP contribution in [0.15, 0.2) is 55.8 Å². The monoisotopic (exact) mass is 386 g/mol. The molecule has 0 saturated carbocycles. The highest BCUT2D eigenvalue weighted by molar-refractivity contribution is 5.87. The summed E-state index contributed by atoms with van der Waals surface area (Å²) in [5.41, 5.74) is 6.49. The summed E-state index contributed by atoms with van der Waals surface area (Å²) in [4.78, 5) is 23.6. The van der Waals surface area contributed by atoms with Crippen LogP contribution in [-0.4, -0.2) is 23.2 Å². The summed E-state index contributed by atoms with van der Waals surface area (Å²) in [6, 6.07) is 7.45. The molecule has 150 valence electrons. The Balaban J connectivity index is 1.59. The molecular formula is C20H26N4O4. The fourth-order valence-electron chi connectivity index (χ4n) is 2.28. The van der Waals surface area contributed by atoms with Crippen LogP contribution in [0, 0.1) is 0 Å². The fraction of sp³-hybridized carbons (Fsp3) is 0.400. The minimum Gasteiger partial charge on any atom is -0.469 e. The van der Waals surface area contributed by atoms with Crippen molar-refractivity contribution >= 4 is 23.2 Å². The molecule has 2 aromatic heterocycles. The van der Waals surface area contributed by atoms with Crippen molar-refractivity contribution in [2.75, 3.05) is 0 Å². The molecule has 0 unspecified atom stereocenters. The maximum absolute atomic E-state index is 11.8. The number of carbonyl (C=O) groups excluding carboxylic acids is 2. The zero-order chi connectivity index (χ0) is 20.2. The van der Waals surface area contributed by atoms with Crippen LogP contribution in [0.25, 0.3) is 0 Å². The van der Waals surface area contributed by atoms with Crippen molar-refractivity contribution in [2.24, 2.45) is 10.2 Å². The van der Waals surface area contributed by atoms with Crippen LogP contribution >= 0.6 is 0 Å². The van der Waals surface area contributed by atoms with E-state index in [1.807, 2.05) is 38.1 Å². The van der Waals surface area contributed by atoms with E-state index < -0.39 is 0 Å². The summed E-state index contributed by atoms with van der Waals surface area (Å²) in [5, 5.41) is 8.06. The van der Waals surface area contributed by atoms with Gasteiger partial charge in [0.15, 0.2) is 0 Å². The van der Waals surface area contributed by atoms with Gasteiger partial charge >= 0.3 is 0 Å². The molecule has 28 heavy (non-hydrogen) atoms. The summed E-state index contributed by atoms with van der Waals surface area (Å²) in [7, 11) is 0. The maximum atomic E-state index is 11.8. The highest BCUT2D eigenvalue weighted by atomic mass is 16.3. The van der Waals surface area contributed by atoms with Crippen molar-refractivity contribution in [3.63, 3.8) is 0 Å². The molecule has 0 radical (unpaired) electrons. The van der Waals surface area contributed by atoms with Gasteiger partial charge in [-0.05, 0) is 51.0 Å². The van der Waals surface area contributed by atoms with Gasteiger partial charge in [-0.25, -0.2) is 10.9 Å². The number of rotatable bonds is 11. The van der Waals surface area contributed by atoms with Gasteiger partial charge in [-0.15, -0.1) is 0 Å². The normalized spacial score (nSPS) is 12.1. The molecule has 2 N–H and O–H groups in total. The molecule has 8 heteroatoms. The van der Waals surface area contributed by atoms with Gasteiger partial charge in [0, 0.05) is 37.1 Å². The van der Waals surface area contributed by atoms with Crippen molar-refractivity contribution in [1.82, 2.24) is 10.9 Å². The van der Waals surface area contributed by atoms with Gasteiger partial charge in [-0.3, -0.25) is 9.59 Å². The first kappa shape index (κ1) is 21.1. The minimum atomic E-state index is -0.314. The topological polar surface area (TPSA) is 109 Å². The molecule has 0 saturated heterocycles. The van der Waals surface area contributed by atoms with Crippen LogP contribution in [0.3, 0.4) is 0 Å². The third kappa shape index (κ3) is 8.48. The number of carbonyl (C=O) groups is 2. The number of nitrogens with one attached hydrogen (secondary N) is 2. The first-order valence-corrected chi connectivity index (χ1v) is 9.21. The highest BCUT2D eigenvalue weighted by Crippen LogP contribution is 2.05. The summed E-state index contributed by atoms with van der Waals surface area (Å²) in [5.74, 6) is 1.12. The van der Waals surface area contributed by atoms with Crippen molar-refractivity contribution in [3.05, 3.63) is 48.3 Å². The van der Waals surface area contributed by atoms with Gasteiger partial charge in [0.1, 0.15) is 11.5 Å². The minimum absolute atomic E-state index is 0.0434. The van der Waals surface area contributed by atoms with E-state index in [0.717, 1.165) is 35.8 Å². The number of nitrogens with zero attached hydrogens (tertiary/aromatic N) is 2. The van der Waals surface area contributed by atoms with E-state index in [9.17, 15) is 9.59 Å². The van der Waals surface area contributed by atoms with Crippen molar-refractivity contribution in [1.29, 1.82) is 0 Å². The van der Waals surface area contributed by atoms with E-state index in [4.69, 9.17) is 8.83 Å². The van der Waals surface area contributed by atoms with Gasteiger partial charge in [-0.1, -0.05) is 0 Å². The van der Waals surface area contributed by atoms with Crippen molar-refractivity contribution in [2.45, 2.75) is 52.4 Å². The second-order valence-electron chi connectivity index (χ2n) is 6.42. The lowest BCUT2D eigenvalue weighted by atomic mass is 10.2. The molecule has 2 heterocycles. The molecule has 0 fully saturated rings. The van der Waals surface area contributed by atoms with Crippen molar-refractivity contribution in [3.8, 4) is 0 Å². The second-order valence-corrected chi connectivity index (χ2v) is 6.42. The largest absolute Gasteiger partial charge is 0.469 e. The summed E-state index contributed by atoms with van der Waals surface area (Å²) in [6.45, 7) is 3.66. The van der Waals surface area contributed by atoms with Crippen LogP contribution in [-0.2, 0) is 22.4 Å². The molecule has 0 aliphatic carbocycles. The number of hydrogen-bond acceptors (Lipinski definition) is 6. The molecule has 0 bridgehead atoms. The Bertz CT molecular complexity index is 724. The third-order valence-corrected chi connectivity index (χ3v) is 3.95. The maximum Gasteiger partial charge on any atom is 0.240 e. The summed E-state index contributed by atoms with van der Waals surface area (Å²) < 4.78 is 10.5. The Morgan fingerprint density at radius 1 is 0.786 bits per heavy atom. The zero-order valence-electron chi connectivity index (χ0n) is 16.2. The van der Waals surface area contributed by atoms with E-state index in [1.165, 1.54) is 0 Å². The SMILES string of the molecule is C/C(CCc1ccco1)=N\NC(=O)CCC(=O)N/N=C(\C)CCc1ccco1. The van der Waals surface area contributed by atoms with Crippen LogP contribution in [0.2, 0.25) is 0 Å². The predicted octanol–water partition coefficient (Wildman–Crippen LogP) is 3.20. The first-order chi connectivity index (χ1) is 13.5. The smallest absolute Gasteiger partial charge is 0.240 e. The molecule has 2 rings (SSSR count). The van der Waals surface area contributed by atoms with E-state index in [2.05, 4.69) is 21.1 Å². The van der Waals surface area contributed by atoms with E-state index in [1.54, 1.807) is 12.5 Å². The Kier molecular flexibility index (Phi) is 8.71. The molecule has 0 atom stereocenters. The Labute approximate surface area is 164 Å². The van der Waals surface area contributed by atoms with Crippen LogP contribution in [0.1, 0.15) is 51.1 Å². The average Bonchev–Trinajstić information content (AvgIpc) is 3.39. The average molecular weight is 386 g/mol. The van der Waals surface area contributed by atoms with E-state index >= 15 is 0 Å². The lowest BCUT2D eigenvalue weighted by Crippen LogP contribution is -2.24. The van der Waals surface area contributed by atoms with Gasteiger partial charge in [0.25, 0.3) is 0 Å². The highest BCUT2D eigenvalue weighted by Gasteiger charge is 2.07. The molecule has 2 amide bonds. The number of hydrazone groups is 2. The van der Waals surface area contributed by atoms with Crippen LogP contribution < -0.4 is 10.9 Å². The Morgan fingerprint density at radius 3 is 1.57 bits per heavy atom. The Hall–Kier alpha value is -3.16. The first-order valence-electron chi connectivity index (χ1n) is 9.21. The van der Waals surface area contributed by atoms with Crippen LogP contribution in [0.4, 0.5) is 0 Å². The van der Waals surface area contributed by atoms with Gasteiger partial charge in [0.2, 0.25) is 11.8 Å². The quantitative estimate of drug-likeness (QED) is 0.456. The lowest BCUT2D eigenvalue weighted by molar-refractivity contribution is -0.126. The van der Waals surface area contributed by atoms with E-state index in [-0.39, 0.29) is 24.7 Å². The third-order valence-electron chi connectivity index (χ3n) is 3.95. The molecule has 0 aromatic carbocycles. The Morgan fingerprint density at radius 2 is 1.21 bits per heavy atom. The van der Waals surface area contributed by atoms with Crippen molar-refractivity contribution < 1.29 is 18.4 Å². The van der Waals surface area contributed by atoms with Gasteiger partial charge in [0.05, 0.1) is 12.5 Å². The second kappa shape index (κ2) is 11.5. The zero-order valence-corrected chi connectivity index (χ0v) is 16.2. The predicted molar refractivity (Wildman–Crippen MR) is 106 cm³/mol. The summed E-state index contributed by atoms with van der Waals surface area (Å²) in [6.07, 6.45) is 6.14. The standard InChI is InChI=1S/C20H26N4O4/c1-15(7-9-17-5-3-13-27-17)21-23-19(25)11-12-20(26)24-22-16(2)8-10-18-6-4-14-28-18/h3-6,13-14H,7-12H2,1-2H3,(H,23,25)(H,24,26)/b21-15+,22-16+. The molecule has 0 aliphatic heterocycles. The fourth-order valence-corrected chi connectivity index (χ4v) is 2.28. The number of amides is 2. The molecule has 0 spiro atoms. The van der Waals surface area contributed by atoms with Crippen LogP contribution in [0.5, 0.6) is 0 Å². The number of hydrogen-bond donors (Lipinski definition) is 2. The van der Waals surface area contributed by atoms with Gasteiger partial charge < -0.3 is 8.83 Å². The molecular weight excluding hydrogens is 360 g/mol. The molecule has 8 nitrogen and oxygen atoms in total. The lowest BCUT2D eigenvalue weighted by Gasteiger charge is -2.03. The summed E-state index contributed by atoms with van der Waals surface area (Å²) >= 11 is 0. The molecule has 2 aromatic rings. The van der Waals surface area contributed by atoms with E-state index in [0.29, 0.717) is 12.8 Å². The number of aryl methyl sites for hydroxylation is 2. The number of furan rings is 2.